The molecular formula is C10H7F2NO. The Balaban J connectivity index is 2.69. The minimum Gasteiger partial charge on any atom is -0.298 e. The van der Waals surface area contributed by atoms with Crippen molar-refractivity contribution in [3.63, 3.8) is 0 Å². The molecule has 0 bridgehead atoms. The maximum atomic E-state index is 12.4. The fourth-order valence-electron chi connectivity index (χ4n) is 1.41. The highest BCUT2D eigenvalue weighted by Crippen LogP contribution is 2.22. The summed E-state index contributed by atoms with van der Waals surface area (Å²) in [6, 6.07) is 6.30. The maximum Gasteiger partial charge on any atom is 0.319 e. The first-order valence-corrected chi connectivity index (χ1v) is 4.06. The smallest absolute Gasteiger partial charge is 0.298 e. The summed E-state index contributed by atoms with van der Waals surface area (Å²) in [7, 11) is 0. The molecule has 0 N–H and O–H groups in total. The Kier molecular flexibility index (Phi) is 2.04. The van der Waals surface area contributed by atoms with Crippen molar-refractivity contribution in [2.45, 2.75) is 6.55 Å². The second kappa shape index (κ2) is 3.21. The molecule has 0 radical (unpaired) electrons. The maximum absolute atomic E-state index is 12.4. The van der Waals surface area contributed by atoms with Crippen LogP contribution < -0.4 is 0 Å². The predicted octanol–water partition coefficient (Wildman–Crippen LogP) is 2.85. The Bertz CT molecular complexity index is 476. The van der Waals surface area contributed by atoms with Crippen LogP contribution in [0.15, 0.2) is 30.5 Å². The molecule has 0 saturated heterocycles. The van der Waals surface area contributed by atoms with Gasteiger partial charge < -0.3 is 0 Å². The molecule has 2 rings (SSSR count). The summed E-state index contributed by atoms with van der Waals surface area (Å²) >= 11 is 0. The van der Waals surface area contributed by atoms with Gasteiger partial charge >= 0.3 is 6.55 Å². The molecule has 0 spiro atoms. The van der Waals surface area contributed by atoms with Crippen LogP contribution in [0.25, 0.3) is 10.9 Å². The van der Waals surface area contributed by atoms with E-state index in [0.717, 1.165) is 4.57 Å². The Morgan fingerprint density at radius 3 is 2.71 bits per heavy atom. The Labute approximate surface area is 78.8 Å². The minimum absolute atomic E-state index is 0.379. The van der Waals surface area contributed by atoms with Crippen molar-refractivity contribution in [3.05, 3.63) is 36.0 Å². The highest BCUT2D eigenvalue weighted by atomic mass is 19.3. The Morgan fingerprint density at radius 2 is 2.07 bits per heavy atom. The molecule has 1 aromatic carbocycles. The number of aromatic nitrogens is 1. The van der Waals surface area contributed by atoms with E-state index in [2.05, 4.69) is 0 Å². The summed E-state index contributed by atoms with van der Waals surface area (Å²) in [5.41, 5.74) is 0.780. The molecule has 0 aliphatic rings. The second-order valence-corrected chi connectivity index (χ2v) is 2.94. The van der Waals surface area contributed by atoms with Crippen LogP contribution in [0, 0.1) is 0 Å². The lowest BCUT2D eigenvalue weighted by molar-refractivity contribution is 0.0752. The van der Waals surface area contributed by atoms with Gasteiger partial charge in [0.2, 0.25) is 0 Å². The highest BCUT2D eigenvalue weighted by Gasteiger charge is 2.09. The summed E-state index contributed by atoms with van der Waals surface area (Å²) in [5, 5.41) is 0.705. The number of carbonyl (C=O) groups excluding carboxylic acids is 1. The van der Waals surface area contributed by atoms with Crippen molar-refractivity contribution in [3.8, 4) is 0 Å². The molecule has 1 heterocycles. The van der Waals surface area contributed by atoms with Crippen LogP contribution in [-0.4, -0.2) is 10.9 Å². The van der Waals surface area contributed by atoms with Crippen LogP contribution in [0.5, 0.6) is 0 Å². The molecule has 72 valence electrons. The first-order chi connectivity index (χ1) is 6.72. The largest absolute Gasteiger partial charge is 0.319 e. The third-order valence-corrected chi connectivity index (χ3v) is 2.09. The number of rotatable bonds is 2. The van der Waals surface area contributed by atoms with Gasteiger partial charge in [-0.25, -0.2) is 0 Å². The van der Waals surface area contributed by atoms with E-state index in [0.29, 0.717) is 22.8 Å². The topological polar surface area (TPSA) is 22.0 Å². The van der Waals surface area contributed by atoms with E-state index >= 15 is 0 Å². The van der Waals surface area contributed by atoms with Crippen LogP contribution in [0.3, 0.4) is 0 Å². The lowest BCUT2D eigenvalue weighted by Gasteiger charge is -2.02. The fraction of sp³-hybridized carbons (Fsp3) is 0.100. The third-order valence-electron chi connectivity index (χ3n) is 2.09. The summed E-state index contributed by atoms with van der Waals surface area (Å²) in [6.45, 7) is -2.57. The normalized spacial score (nSPS) is 11.1. The third kappa shape index (κ3) is 1.28. The first kappa shape index (κ1) is 8.87. The van der Waals surface area contributed by atoms with Gasteiger partial charge in [0.05, 0.1) is 5.52 Å². The molecule has 0 saturated carbocycles. The van der Waals surface area contributed by atoms with Crippen LogP contribution >= 0.6 is 0 Å². The van der Waals surface area contributed by atoms with Gasteiger partial charge in [-0.3, -0.25) is 9.36 Å². The number of nitrogens with zero attached hydrogens (tertiary/aromatic N) is 1. The van der Waals surface area contributed by atoms with Crippen molar-refractivity contribution < 1.29 is 13.6 Å². The van der Waals surface area contributed by atoms with Gasteiger partial charge in [-0.05, 0) is 17.5 Å². The summed E-state index contributed by atoms with van der Waals surface area (Å²) < 4.78 is 25.7. The number of carbonyl (C=O) groups is 1. The van der Waals surface area contributed by atoms with E-state index in [-0.39, 0.29) is 0 Å². The van der Waals surface area contributed by atoms with E-state index in [4.69, 9.17) is 0 Å². The molecule has 0 amide bonds. The molecule has 2 nitrogen and oxygen atoms in total. The zero-order chi connectivity index (χ0) is 10.1. The second-order valence-electron chi connectivity index (χ2n) is 2.94. The van der Waals surface area contributed by atoms with E-state index < -0.39 is 6.55 Å². The molecule has 1 aromatic heterocycles. The Hall–Kier alpha value is -1.71. The quantitative estimate of drug-likeness (QED) is 0.675. The van der Waals surface area contributed by atoms with Crippen molar-refractivity contribution >= 4 is 17.2 Å². The summed E-state index contributed by atoms with van der Waals surface area (Å²) in [4.78, 5) is 10.5. The van der Waals surface area contributed by atoms with E-state index in [1.54, 1.807) is 18.2 Å². The number of fused-ring (bicyclic) bond motifs is 1. The number of hydrogen-bond donors (Lipinski definition) is 0. The minimum atomic E-state index is -2.57. The van der Waals surface area contributed by atoms with E-state index in [9.17, 15) is 13.6 Å². The molecule has 2 aromatic rings. The number of aldehydes is 1. The monoisotopic (exact) mass is 195 g/mol. The first-order valence-electron chi connectivity index (χ1n) is 4.06. The van der Waals surface area contributed by atoms with Gasteiger partial charge in [0.15, 0.2) is 0 Å². The molecule has 0 unspecified atom stereocenters. The van der Waals surface area contributed by atoms with Crippen molar-refractivity contribution in [2.24, 2.45) is 0 Å². The zero-order valence-corrected chi connectivity index (χ0v) is 7.15. The summed E-state index contributed by atoms with van der Waals surface area (Å²) in [5.74, 6) is 0. The van der Waals surface area contributed by atoms with Crippen LogP contribution in [-0.2, 0) is 0 Å². The van der Waals surface area contributed by atoms with Gasteiger partial charge in [0.1, 0.15) is 6.29 Å². The number of benzene rings is 1. The molecule has 0 aliphatic carbocycles. The van der Waals surface area contributed by atoms with Crippen LogP contribution in [0.2, 0.25) is 0 Å². The lowest BCUT2D eigenvalue weighted by Crippen LogP contribution is -1.95. The van der Waals surface area contributed by atoms with Gasteiger partial charge in [-0.1, -0.05) is 12.1 Å². The molecule has 0 fully saturated rings. The van der Waals surface area contributed by atoms with E-state index in [1.165, 1.54) is 12.3 Å². The van der Waals surface area contributed by atoms with E-state index in [1.807, 2.05) is 0 Å². The Morgan fingerprint density at radius 1 is 1.29 bits per heavy atom. The molecule has 0 aliphatic heterocycles. The van der Waals surface area contributed by atoms with Crippen LogP contribution in [0.1, 0.15) is 16.9 Å². The van der Waals surface area contributed by atoms with Gasteiger partial charge in [0, 0.05) is 11.8 Å². The van der Waals surface area contributed by atoms with Gasteiger partial charge in [0.25, 0.3) is 0 Å². The van der Waals surface area contributed by atoms with Crippen molar-refractivity contribution in [1.29, 1.82) is 0 Å². The zero-order valence-electron chi connectivity index (χ0n) is 7.15. The standard InChI is InChI=1S/C10H7F2NO/c11-10(12)13-4-3-8-2-1-7(6-14)5-9(8)13/h1-6,10H. The molecular weight excluding hydrogens is 188 g/mol. The number of alkyl halides is 2. The summed E-state index contributed by atoms with van der Waals surface area (Å²) in [6.07, 6.45) is 1.95. The molecule has 4 heteroatoms. The average molecular weight is 195 g/mol. The molecule has 14 heavy (non-hydrogen) atoms. The predicted molar refractivity (Wildman–Crippen MR) is 48.6 cm³/mol. The van der Waals surface area contributed by atoms with Crippen molar-refractivity contribution in [1.82, 2.24) is 4.57 Å². The van der Waals surface area contributed by atoms with Gasteiger partial charge in [-0.2, -0.15) is 8.78 Å². The SMILES string of the molecule is O=Cc1ccc2ccn(C(F)F)c2c1. The molecule has 0 atom stereocenters. The fourth-order valence-corrected chi connectivity index (χ4v) is 1.41. The van der Waals surface area contributed by atoms with Crippen LogP contribution in [0.4, 0.5) is 8.78 Å². The number of hydrogen-bond acceptors (Lipinski definition) is 1. The average Bonchev–Trinajstić information content (AvgIpc) is 2.59. The number of halogens is 2. The highest BCUT2D eigenvalue weighted by molar-refractivity contribution is 5.87. The van der Waals surface area contributed by atoms with Crippen molar-refractivity contribution in [2.75, 3.05) is 0 Å². The van der Waals surface area contributed by atoms with Gasteiger partial charge in [-0.15, -0.1) is 0 Å². The lowest BCUT2D eigenvalue weighted by atomic mass is 10.2.